The number of alkyl halides is 6. The quantitative estimate of drug-likeness (QED) is 0.124. The summed E-state index contributed by atoms with van der Waals surface area (Å²) in [6.07, 6.45) is -8.94. The number of nitro benzene ring substituents is 1. The largest absolute Gasteiger partial charge is 0.466 e. The molecule has 2 saturated heterocycles. The van der Waals surface area contributed by atoms with Crippen LogP contribution in [0.5, 0.6) is 0 Å². The molecule has 0 unspecified atom stereocenters. The van der Waals surface area contributed by atoms with E-state index in [4.69, 9.17) is 5.73 Å². The topological polar surface area (TPSA) is 108 Å². The summed E-state index contributed by atoms with van der Waals surface area (Å²) in [5.41, 5.74) is 3.90. The molecule has 10 nitrogen and oxygen atoms in total. The predicted octanol–water partition coefficient (Wildman–Crippen LogP) is 6.24. The maximum absolute atomic E-state index is 13.1. The van der Waals surface area contributed by atoms with Crippen molar-refractivity contribution in [2.45, 2.75) is 54.1 Å². The maximum atomic E-state index is 13.1. The Bertz CT molecular complexity index is 1280. The van der Waals surface area contributed by atoms with E-state index < -0.39 is 34.1 Å². The smallest absolute Gasteiger partial charge is 0.416 e. The Hall–Kier alpha value is -3.47. The van der Waals surface area contributed by atoms with Gasteiger partial charge in [-0.2, -0.15) is 26.3 Å². The van der Waals surface area contributed by atoms with Gasteiger partial charge >= 0.3 is 18.3 Å². The highest BCUT2D eigenvalue weighted by atomic mass is 19.4. The fourth-order valence-electron chi connectivity index (χ4n) is 4.77. The van der Waals surface area contributed by atoms with Gasteiger partial charge in [0.25, 0.3) is 5.69 Å². The second-order valence-corrected chi connectivity index (χ2v) is 11.1. The van der Waals surface area contributed by atoms with Crippen LogP contribution in [0.3, 0.4) is 0 Å². The molecule has 16 heteroatoms. The molecule has 0 radical (unpaired) electrons. The van der Waals surface area contributed by atoms with E-state index >= 15 is 0 Å². The van der Waals surface area contributed by atoms with E-state index in [9.17, 15) is 41.3 Å². The zero-order chi connectivity index (χ0) is 34.7. The molecule has 0 amide bonds. The summed E-state index contributed by atoms with van der Waals surface area (Å²) in [5.74, 6) is -0.211. The fourth-order valence-corrected chi connectivity index (χ4v) is 4.77. The van der Waals surface area contributed by atoms with Gasteiger partial charge in [0.2, 0.25) is 0 Å². The molecule has 2 aliphatic heterocycles. The Morgan fingerprint density at radius 3 is 1.52 bits per heavy atom. The number of hydrogen-bond acceptors (Lipinski definition) is 9. The Morgan fingerprint density at radius 2 is 1.19 bits per heavy atom. The second kappa shape index (κ2) is 20.1. The summed E-state index contributed by atoms with van der Waals surface area (Å²) < 4.78 is 82.5. The zero-order valence-electron chi connectivity index (χ0n) is 26.5. The Labute approximate surface area is 279 Å². The van der Waals surface area contributed by atoms with Crippen LogP contribution >= 0.6 is 0 Å². The van der Waals surface area contributed by atoms with Gasteiger partial charge in [-0.25, -0.2) is 0 Å². The van der Waals surface area contributed by atoms with Gasteiger partial charge < -0.3 is 20.3 Å². The average Bonchev–Trinajstić information content (AvgIpc) is 2.96. The number of nitrogens with two attached hydrogens (primary N) is 1. The molecule has 0 aliphatic carbocycles. The van der Waals surface area contributed by atoms with Crippen LogP contribution in [0.2, 0.25) is 0 Å². The molecule has 2 aliphatic rings. The molecule has 0 atom stereocenters. The number of likely N-dealkylation sites (N-methyl/N-ethyl adjacent to an activating group) is 2. The molecule has 0 spiro atoms. The highest BCUT2D eigenvalue weighted by Gasteiger charge is 2.36. The maximum Gasteiger partial charge on any atom is 0.416 e. The van der Waals surface area contributed by atoms with E-state index in [1.165, 1.54) is 25.1 Å². The monoisotopic (exact) mass is 696 g/mol. The first-order valence-electron chi connectivity index (χ1n) is 14.7. The van der Waals surface area contributed by atoms with Gasteiger partial charge in [-0.05, 0) is 44.3 Å². The second-order valence-electron chi connectivity index (χ2n) is 11.1. The first-order valence-corrected chi connectivity index (χ1v) is 14.7. The van der Waals surface area contributed by atoms with Crippen molar-refractivity contribution >= 4 is 17.3 Å². The highest BCUT2D eigenvalue weighted by molar-refractivity contribution is 5.65. The molecule has 0 saturated carbocycles. The zero-order valence-corrected chi connectivity index (χ0v) is 26.5. The van der Waals surface area contributed by atoms with Crippen LogP contribution in [0, 0.1) is 10.1 Å². The molecular formula is C32H50F6N6O4. The fraction of sp³-hybridized carbons (Fsp3) is 0.594. The molecule has 48 heavy (non-hydrogen) atoms. The third-order valence-corrected chi connectivity index (χ3v) is 7.38. The molecule has 0 aromatic heterocycles. The lowest BCUT2D eigenvalue weighted by atomic mass is 10.0. The molecular weight excluding hydrogens is 646 g/mol. The van der Waals surface area contributed by atoms with Crippen molar-refractivity contribution in [1.29, 1.82) is 0 Å². The minimum absolute atomic E-state index is 0. The number of ether oxygens (including phenoxy) is 1. The van der Waals surface area contributed by atoms with Gasteiger partial charge in [-0.1, -0.05) is 27.0 Å². The summed E-state index contributed by atoms with van der Waals surface area (Å²) in [4.78, 5) is 27.9. The summed E-state index contributed by atoms with van der Waals surface area (Å²) in [6.45, 7) is 10.4. The third-order valence-electron chi connectivity index (χ3n) is 7.38. The van der Waals surface area contributed by atoms with Crippen molar-refractivity contribution in [3.8, 4) is 0 Å². The lowest BCUT2D eigenvalue weighted by Crippen LogP contribution is -2.44. The number of hydrogen-bond donors (Lipinski definition) is 1. The number of anilines is 1. The van der Waals surface area contributed by atoms with Crippen molar-refractivity contribution in [3.63, 3.8) is 0 Å². The minimum Gasteiger partial charge on any atom is -0.466 e. The van der Waals surface area contributed by atoms with Gasteiger partial charge in [0, 0.05) is 90.2 Å². The van der Waals surface area contributed by atoms with Crippen LogP contribution in [0.4, 0.5) is 37.7 Å². The van der Waals surface area contributed by atoms with Crippen molar-refractivity contribution in [2.24, 2.45) is 0 Å². The molecule has 2 aromatic rings. The van der Waals surface area contributed by atoms with Gasteiger partial charge in [-0.15, -0.1) is 0 Å². The van der Waals surface area contributed by atoms with Gasteiger partial charge in [-0.3, -0.25) is 24.7 Å². The van der Waals surface area contributed by atoms with Gasteiger partial charge in [0.05, 0.1) is 22.7 Å². The van der Waals surface area contributed by atoms with Crippen LogP contribution in [0.1, 0.15) is 51.0 Å². The Balaban J connectivity index is 0.000000763. The number of benzene rings is 2. The van der Waals surface area contributed by atoms with Gasteiger partial charge in [0.1, 0.15) is 0 Å². The van der Waals surface area contributed by atoms with Crippen LogP contribution < -0.4 is 5.73 Å². The van der Waals surface area contributed by atoms with E-state index in [0.29, 0.717) is 37.9 Å². The van der Waals surface area contributed by atoms with Crippen molar-refractivity contribution in [1.82, 2.24) is 19.6 Å². The predicted molar refractivity (Wildman–Crippen MR) is 175 cm³/mol. The lowest BCUT2D eigenvalue weighted by Gasteiger charge is -2.32. The molecule has 2 heterocycles. The SMILES string of the molecule is C.C.CCOC(C)=O.CN1CCN(Cc2ccc(N)cc2C(F)(F)F)CC1.CN1CCN(Cc2ccc([N+](=O)[O-])cc2C(F)(F)F)CC1. The number of nitrogens with zero attached hydrogens (tertiary/aromatic N) is 5. The van der Waals surface area contributed by atoms with E-state index in [1.807, 2.05) is 23.9 Å². The highest BCUT2D eigenvalue weighted by Crippen LogP contribution is 2.35. The van der Waals surface area contributed by atoms with Crippen molar-refractivity contribution in [2.75, 3.05) is 78.8 Å². The number of non-ortho nitro benzene ring substituents is 1. The summed E-state index contributed by atoms with van der Waals surface area (Å²) >= 11 is 0. The number of halogens is 6. The first-order chi connectivity index (χ1) is 21.4. The molecule has 0 bridgehead atoms. The number of nitro groups is 1. The number of esters is 1. The third kappa shape index (κ3) is 15.2. The van der Waals surface area contributed by atoms with E-state index in [0.717, 1.165) is 51.4 Å². The minimum atomic E-state index is -4.59. The average molecular weight is 697 g/mol. The number of nitrogen functional groups attached to an aromatic ring is 1. The standard InChI is InChI=1S/C13H16F3N3O2.C13H18F3N3.C4H8O2.2CH4/c1-17-4-6-18(7-5-17)9-10-2-3-11(19(20)21)8-12(10)13(14,15)16;1-18-4-6-19(7-5-18)9-10-2-3-11(17)8-12(10)13(14,15)16;1-3-6-4(2)5;;/h2-3,8H,4-7,9H2,1H3;2-3,8H,4-7,9,17H2,1H3;3H2,1-2H3;2*1H4. The molecule has 2 aromatic carbocycles. The summed E-state index contributed by atoms with van der Waals surface area (Å²) in [7, 11) is 3.98. The summed E-state index contributed by atoms with van der Waals surface area (Å²) in [6, 6.07) is 6.98. The Kier molecular flexibility index (Phi) is 18.7. The molecule has 274 valence electrons. The van der Waals surface area contributed by atoms with Crippen LogP contribution in [0.25, 0.3) is 0 Å². The Morgan fingerprint density at radius 1 is 0.792 bits per heavy atom. The number of rotatable bonds is 6. The summed E-state index contributed by atoms with van der Waals surface area (Å²) in [5, 5.41) is 10.6. The van der Waals surface area contributed by atoms with Gasteiger partial charge in [0.15, 0.2) is 0 Å². The molecule has 4 rings (SSSR count). The van der Waals surface area contributed by atoms with Crippen molar-refractivity contribution in [3.05, 3.63) is 68.8 Å². The van der Waals surface area contributed by atoms with E-state index in [2.05, 4.69) is 14.5 Å². The molecule has 2 N–H and O–H groups in total. The van der Waals surface area contributed by atoms with E-state index in [-0.39, 0.29) is 38.6 Å². The van der Waals surface area contributed by atoms with Crippen molar-refractivity contribution < 1.29 is 40.8 Å². The van der Waals surface area contributed by atoms with Crippen LogP contribution in [0.15, 0.2) is 36.4 Å². The van der Waals surface area contributed by atoms with Crippen LogP contribution in [-0.4, -0.2) is 104 Å². The van der Waals surface area contributed by atoms with E-state index in [1.54, 1.807) is 6.92 Å². The normalized spacial score (nSPS) is 16.2. The van der Waals surface area contributed by atoms with Crippen LogP contribution in [-0.2, 0) is 35.0 Å². The number of piperazine rings is 2. The lowest BCUT2D eigenvalue weighted by molar-refractivity contribution is -0.385. The first kappa shape index (κ1) is 44.5. The molecule has 2 fully saturated rings. The number of carbonyl (C=O) groups is 1. The number of carbonyl (C=O) groups excluding carboxylic acids is 1.